The van der Waals surface area contributed by atoms with Crippen LogP contribution >= 0.6 is 0 Å². The first-order chi connectivity index (χ1) is 8.33. The number of hydrogen-bond acceptors (Lipinski definition) is 4. The van der Waals surface area contributed by atoms with Gasteiger partial charge in [-0.15, -0.1) is 0 Å². The zero-order chi connectivity index (χ0) is 13.6. The van der Waals surface area contributed by atoms with Gasteiger partial charge in [0.1, 0.15) is 12.1 Å². The molecule has 4 nitrogen and oxygen atoms in total. The Balaban J connectivity index is 2.03. The second-order valence-corrected chi connectivity index (χ2v) is 6.60. The maximum atomic E-state index is 11.9. The molecule has 0 saturated heterocycles. The third-order valence-corrected chi connectivity index (χ3v) is 5.62. The van der Waals surface area contributed by atoms with E-state index in [0.717, 1.165) is 12.8 Å². The van der Waals surface area contributed by atoms with Crippen LogP contribution in [0.5, 0.6) is 0 Å². The first-order valence-electron chi connectivity index (χ1n) is 6.78. The smallest absolute Gasteiger partial charge is 0.325 e. The lowest BCUT2D eigenvalue weighted by Gasteiger charge is -2.38. The van der Waals surface area contributed by atoms with Crippen molar-refractivity contribution < 1.29 is 14.3 Å². The number of nitrogens with two attached hydrogens (primary N) is 1. The summed E-state index contributed by atoms with van der Waals surface area (Å²) in [6.07, 6.45) is 3.39. The van der Waals surface area contributed by atoms with Gasteiger partial charge in [-0.3, -0.25) is 4.79 Å². The number of methoxy groups -OCH3 is 1. The first-order valence-corrected chi connectivity index (χ1v) is 6.78. The fourth-order valence-electron chi connectivity index (χ4n) is 3.78. The van der Waals surface area contributed by atoms with E-state index in [1.54, 1.807) is 0 Å². The predicted octanol–water partition coefficient (Wildman–Crippen LogP) is 1.72. The standard InChI is InChI=1S/C14H25NO3/c1-13(2)9-5-6-14(13,3)11(7-9)18-12(16)10(15)8-17-4/h9-11H,5-8,15H2,1-4H3. The lowest BCUT2D eigenvalue weighted by atomic mass is 9.70. The van der Waals surface area contributed by atoms with E-state index in [9.17, 15) is 4.79 Å². The van der Waals surface area contributed by atoms with Crippen LogP contribution in [0.1, 0.15) is 40.0 Å². The minimum Gasteiger partial charge on any atom is -0.461 e. The number of rotatable bonds is 4. The third-order valence-electron chi connectivity index (χ3n) is 5.62. The van der Waals surface area contributed by atoms with Crippen LogP contribution in [0.2, 0.25) is 0 Å². The first kappa shape index (κ1) is 13.8. The van der Waals surface area contributed by atoms with Crippen molar-refractivity contribution in [3.05, 3.63) is 0 Å². The van der Waals surface area contributed by atoms with Gasteiger partial charge in [-0.25, -0.2) is 0 Å². The second-order valence-electron chi connectivity index (χ2n) is 6.60. The number of carbonyl (C=O) groups is 1. The van der Waals surface area contributed by atoms with Crippen LogP contribution in [-0.4, -0.2) is 31.8 Å². The van der Waals surface area contributed by atoms with Crippen molar-refractivity contribution in [1.82, 2.24) is 0 Å². The average molecular weight is 255 g/mol. The highest BCUT2D eigenvalue weighted by Crippen LogP contribution is 2.66. The molecule has 0 aromatic rings. The quantitative estimate of drug-likeness (QED) is 0.777. The summed E-state index contributed by atoms with van der Waals surface area (Å²) in [5.74, 6) is 0.338. The zero-order valence-corrected chi connectivity index (χ0v) is 11.9. The van der Waals surface area contributed by atoms with Crippen molar-refractivity contribution >= 4 is 5.97 Å². The molecule has 0 aromatic carbocycles. The maximum absolute atomic E-state index is 11.9. The van der Waals surface area contributed by atoms with Gasteiger partial charge in [0.2, 0.25) is 0 Å². The van der Waals surface area contributed by atoms with E-state index in [4.69, 9.17) is 15.2 Å². The summed E-state index contributed by atoms with van der Waals surface area (Å²) in [4.78, 5) is 11.9. The Morgan fingerprint density at radius 2 is 2.11 bits per heavy atom. The lowest BCUT2D eigenvalue weighted by molar-refractivity contribution is -0.159. The van der Waals surface area contributed by atoms with Crippen LogP contribution in [0.4, 0.5) is 0 Å². The molecule has 0 aliphatic heterocycles. The van der Waals surface area contributed by atoms with Gasteiger partial charge in [0.15, 0.2) is 0 Å². The van der Waals surface area contributed by atoms with Crippen LogP contribution in [0, 0.1) is 16.7 Å². The lowest BCUT2D eigenvalue weighted by Crippen LogP contribution is -2.43. The Morgan fingerprint density at radius 1 is 1.44 bits per heavy atom. The van der Waals surface area contributed by atoms with Crippen molar-refractivity contribution in [2.45, 2.75) is 52.2 Å². The van der Waals surface area contributed by atoms with Gasteiger partial charge in [-0.05, 0) is 30.6 Å². The molecule has 2 bridgehead atoms. The number of ether oxygens (including phenoxy) is 2. The van der Waals surface area contributed by atoms with Gasteiger partial charge in [-0.2, -0.15) is 0 Å². The fraction of sp³-hybridized carbons (Fsp3) is 0.929. The molecular weight excluding hydrogens is 230 g/mol. The summed E-state index contributed by atoms with van der Waals surface area (Å²) in [5, 5.41) is 0. The molecule has 0 aromatic heterocycles. The Labute approximate surface area is 109 Å². The predicted molar refractivity (Wildman–Crippen MR) is 69.0 cm³/mol. The minimum absolute atomic E-state index is 0.0154. The van der Waals surface area contributed by atoms with E-state index in [-0.39, 0.29) is 29.5 Å². The molecule has 0 spiro atoms. The average Bonchev–Trinajstić information content (AvgIpc) is 2.62. The normalized spacial score (nSPS) is 38.7. The van der Waals surface area contributed by atoms with Gasteiger partial charge in [0.25, 0.3) is 0 Å². The molecular formula is C14H25NO3. The Kier molecular flexibility index (Phi) is 3.45. The zero-order valence-electron chi connectivity index (χ0n) is 11.9. The van der Waals surface area contributed by atoms with E-state index in [0.29, 0.717) is 5.92 Å². The Morgan fingerprint density at radius 3 is 2.56 bits per heavy atom. The van der Waals surface area contributed by atoms with Crippen LogP contribution in [0.3, 0.4) is 0 Å². The highest BCUT2D eigenvalue weighted by atomic mass is 16.5. The van der Waals surface area contributed by atoms with E-state index < -0.39 is 6.04 Å². The number of hydrogen-bond donors (Lipinski definition) is 1. The molecule has 2 rings (SSSR count). The van der Waals surface area contributed by atoms with E-state index in [1.807, 2.05) is 0 Å². The van der Waals surface area contributed by atoms with E-state index >= 15 is 0 Å². The molecule has 2 fully saturated rings. The molecule has 18 heavy (non-hydrogen) atoms. The molecule has 2 N–H and O–H groups in total. The highest BCUT2D eigenvalue weighted by Gasteiger charge is 2.62. The molecule has 0 amide bonds. The van der Waals surface area contributed by atoms with Crippen LogP contribution < -0.4 is 5.73 Å². The van der Waals surface area contributed by atoms with Gasteiger partial charge in [-0.1, -0.05) is 20.8 Å². The van der Waals surface area contributed by atoms with Crippen molar-refractivity contribution in [2.75, 3.05) is 13.7 Å². The van der Waals surface area contributed by atoms with Crippen LogP contribution in [0.25, 0.3) is 0 Å². The largest absolute Gasteiger partial charge is 0.461 e. The molecule has 2 aliphatic carbocycles. The second kappa shape index (κ2) is 4.49. The van der Waals surface area contributed by atoms with Crippen molar-refractivity contribution in [1.29, 1.82) is 0 Å². The molecule has 4 unspecified atom stereocenters. The molecule has 0 radical (unpaired) electrons. The summed E-state index contributed by atoms with van der Waals surface area (Å²) < 4.78 is 10.5. The molecule has 4 heteroatoms. The SMILES string of the molecule is COCC(N)C(=O)OC1CC2CCC1(C)C2(C)C. The maximum Gasteiger partial charge on any atom is 0.325 e. The molecule has 0 heterocycles. The fourth-order valence-corrected chi connectivity index (χ4v) is 3.78. The summed E-state index contributed by atoms with van der Waals surface area (Å²) >= 11 is 0. The minimum atomic E-state index is -0.666. The summed E-state index contributed by atoms with van der Waals surface area (Å²) in [7, 11) is 1.54. The summed E-state index contributed by atoms with van der Waals surface area (Å²) in [6.45, 7) is 7.07. The van der Waals surface area contributed by atoms with Crippen LogP contribution in [-0.2, 0) is 14.3 Å². The monoisotopic (exact) mass is 255 g/mol. The molecule has 4 atom stereocenters. The number of carbonyl (C=O) groups excluding carboxylic acids is 1. The van der Waals surface area contributed by atoms with Gasteiger partial charge >= 0.3 is 5.97 Å². The topological polar surface area (TPSA) is 61.5 Å². The van der Waals surface area contributed by atoms with Crippen molar-refractivity contribution in [2.24, 2.45) is 22.5 Å². The van der Waals surface area contributed by atoms with Crippen molar-refractivity contribution in [3.8, 4) is 0 Å². The van der Waals surface area contributed by atoms with E-state index in [2.05, 4.69) is 20.8 Å². The molecule has 104 valence electrons. The summed E-state index contributed by atoms with van der Waals surface area (Å²) in [6, 6.07) is -0.666. The van der Waals surface area contributed by atoms with E-state index in [1.165, 1.54) is 13.5 Å². The number of esters is 1. The Bertz CT molecular complexity index is 342. The van der Waals surface area contributed by atoms with Gasteiger partial charge in [0.05, 0.1) is 6.61 Å². The molecule has 2 saturated carbocycles. The van der Waals surface area contributed by atoms with Gasteiger partial charge < -0.3 is 15.2 Å². The number of fused-ring (bicyclic) bond motifs is 2. The Hall–Kier alpha value is -0.610. The summed E-state index contributed by atoms with van der Waals surface area (Å²) in [5.41, 5.74) is 6.07. The van der Waals surface area contributed by atoms with Gasteiger partial charge in [0, 0.05) is 12.5 Å². The van der Waals surface area contributed by atoms with Crippen LogP contribution in [0.15, 0.2) is 0 Å². The third kappa shape index (κ3) is 1.86. The molecule has 2 aliphatic rings. The van der Waals surface area contributed by atoms with Crippen molar-refractivity contribution in [3.63, 3.8) is 0 Å². The highest BCUT2D eigenvalue weighted by molar-refractivity contribution is 5.76.